The van der Waals surface area contributed by atoms with Gasteiger partial charge in [0.05, 0.1) is 15.6 Å². The van der Waals surface area contributed by atoms with Crippen LogP contribution in [-0.4, -0.2) is 16.0 Å². The highest BCUT2D eigenvalue weighted by atomic mass is 35.5. The van der Waals surface area contributed by atoms with Crippen LogP contribution in [0.15, 0.2) is 18.2 Å². The monoisotopic (exact) mass is 296 g/mol. The maximum absolute atomic E-state index is 12.1. The van der Waals surface area contributed by atoms with Crippen molar-refractivity contribution in [3.05, 3.63) is 39.5 Å². The zero-order valence-corrected chi connectivity index (χ0v) is 12.3. The second-order valence-corrected chi connectivity index (χ2v) is 4.97. The number of hydrogen-bond donors (Lipinski definition) is 1. The molecule has 0 bridgehead atoms. The fourth-order valence-corrected chi connectivity index (χ4v) is 2.59. The second-order valence-electron chi connectivity index (χ2n) is 4.15. The van der Waals surface area contributed by atoms with Crippen LogP contribution in [0.3, 0.4) is 0 Å². The van der Waals surface area contributed by atoms with Crippen LogP contribution in [0.1, 0.15) is 36.3 Å². The van der Waals surface area contributed by atoms with Crippen molar-refractivity contribution in [1.29, 1.82) is 0 Å². The molecule has 0 saturated heterocycles. The predicted molar refractivity (Wildman–Crippen MR) is 78.0 cm³/mol. The second kappa shape index (κ2) is 5.76. The highest BCUT2D eigenvalue weighted by Gasteiger charge is 2.22. The average molecular weight is 297 g/mol. The van der Waals surface area contributed by atoms with Crippen molar-refractivity contribution in [3.8, 4) is 11.3 Å². The largest absolute Gasteiger partial charge is 0.294 e. The molecule has 2 rings (SSSR count). The topological polar surface area (TPSA) is 45.8 Å². The number of H-pyrrole nitrogens is 1. The molecule has 0 saturated carbocycles. The number of rotatable bonds is 4. The van der Waals surface area contributed by atoms with E-state index in [2.05, 4.69) is 10.2 Å². The molecule has 100 valence electrons. The van der Waals surface area contributed by atoms with E-state index in [1.54, 1.807) is 18.2 Å². The number of halogens is 2. The molecule has 0 aliphatic heterocycles. The van der Waals surface area contributed by atoms with Gasteiger partial charge in [-0.05, 0) is 18.6 Å². The Hall–Kier alpha value is -1.32. The fraction of sp³-hybridized carbons (Fsp3) is 0.286. The molecule has 0 fully saturated rings. The molecule has 0 radical (unpaired) electrons. The first-order valence-corrected chi connectivity index (χ1v) is 6.90. The molecular formula is C14H14Cl2N2O. The van der Waals surface area contributed by atoms with Crippen molar-refractivity contribution in [2.24, 2.45) is 0 Å². The van der Waals surface area contributed by atoms with Crippen molar-refractivity contribution >= 4 is 29.0 Å². The molecule has 0 amide bonds. The SMILES string of the molecule is CCC(=O)c1c(-c2c(Cl)cccc2Cl)n[nH]c1CC. The standard InChI is InChI=1S/C14H14Cl2N2O/c1-3-10-13(11(19)4-2)14(18-17-10)12-8(15)6-5-7-9(12)16/h5-7H,3-4H2,1-2H3,(H,17,18). The molecule has 1 aromatic carbocycles. The number of aromatic amines is 1. The molecule has 5 heteroatoms. The Morgan fingerprint density at radius 2 is 1.89 bits per heavy atom. The predicted octanol–water partition coefficient (Wildman–Crippen LogP) is 4.54. The van der Waals surface area contributed by atoms with E-state index in [1.807, 2.05) is 13.8 Å². The van der Waals surface area contributed by atoms with Gasteiger partial charge in [-0.2, -0.15) is 5.10 Å². The van der Waals surface area contributed by atoms with Crippen molar-refractivity contribution in [2.45, 2.75) is 26.7 Å². The third kappa shape index (κ3) is 2.53. The molecule has 0 aliphatic rings. The number of nitrogens with one attached hydrogen (secondary N) is 1. The lowest BCUT2D eigenvalue weighted by molar-refractivity contribution is 0.0988. The summed E-state index contributed by atoms with van der Waals surface area (Å²) in [7, 11) is 0. The summed E-state index contributed by atoms with van der Waals surface area (Å²) in [5, 5.41) is 8.12. The summed E-state index contributed by atoms with van der Waals surface area (Å²) in [6.45, 7) is 3.80. The van der Waals surface area contributed by atoms with Crippen molar-refractivity contribution in [2.75, 3.05) is 0 Å². The smallest absolute Gasteiger partial charge is 0.166 e. The van der Waals surface area contributed by atoms with Crippen LogP contribution in [0.4, 0.5) is 0 Å². The Morgan fingerprint density at radius 3 is 2.42 bits per heavy atom. The molecular weight excluding hydrogens is 283 g/mol. The Kier molecular flexibility index (Phi) is 4.27. The van der Waals surface area contributed by atoms with Gasteiger partial charge in [-0.1, -0.05) is 43.1 Å². The van der Waals surface area contributed by atoms with E-state index in [1.165, 1.54) is 0 Å². The van der Waals surface area contributed by atoms with Crippen molar-refractivity contribution in [1.82, 2.24) is 10.2 Å². The molecule has 19 heavy (non-hydrogen) atoms. The van der Waals surface area contributed by atoms with E-state index in [4.69, 9.17) is 23.2 Å². The number of benzene rings is 1. The summed E-state index contributed by atoms with van der Waals surface area (Å²) < 4.78 is 0. The lowest BCUT2D eigenvalue weighted by atomic mass is 10.00. The Balaban J connectivity index is 2.69. The Morgan fingerprint density at radius 1 is 1.26 bits per heavy atom. The van der Waals surface area contributed by atoms with Crippen LogP contribution in [0.5, 0.6) is 0 Å². The molecule has 1 aromatic heterocycles. The minimum Gasteiger partial charge on any atom is -0.294 e. The molecule has 3 nitrogen and oxygen atoms in total. The van der Waals surface area contributed by atoms with Crippen LogP contribution in [0.25, 0.3) is 11.3 Å². The van der Waals surface area contributed by atoms with Crippen LogP contribution >= 0.6 is 23.2 Å². The third-order valence-electron chi connectivity index (χ3n) is 2.99. The lowest BCUT2D eigenvalue weighted by Crippen LogP contribution is -2.02. The molecule has 1 N–H and O–H groups in total. The molecule has 0 spiro atoms. The number of Topliss-reactive ketones (excluding diaryl/α,β-unsaturated/α-hetero) is 1. The molecule has 0 aliphatic carbocycles. The van der Waals surface area contributed by atoms with E-state index in [0.717, 1.165) is 5.69 Å². The summed E-state index contributed by atoms with van der Waals surface area (Å²) in [6.07, 6.45) is 1.12. The van der Waals surface area contributed by atoms with Crippen LogP contribution in [0.2, 0.25) is 10.0 Å². The maximum atomic E-state index is 12.1. The van der Waals surface area contributed by atoms with Crippen LogP contribution < -0.4 is 0 Å². The minimum atomic E-state index is 0.0385. The first kappa shape index (κ1) is 14.1. The number of carbonyl (C=O) groups excluding carboxylic acids is 1. The van der Waals surface area contributed by atoms with E-state index in [9.17, 15) is 4.79 Å². The third-order valence-corrected chi connectivity index (χ3v) is 3.62. The van der Waals surface area contributed by atoms with Gasteiger partial charge < -0.3 is 0 Å². The Labute approximate surface area is 121 Å². The molecule has 0 atom stereocenters. The van der Waals surface area contributed by atoms with E-state index in [-0.39, 0.29) is 5.78 Å². The summed E-state index contributed by atoms with van der Waals surface area (Å²) in [5.74, 6) is 0.0385. The number of hydrogen-bond acceptors (Lipinski definition) is 2. The first-order valence-electron chi connectivity index (χ1n) is 6.14. The number of ketones is 1. The molecule has 2 aromatic rings. The number of aromatic nitrogens is 2. The van der Waals surface area contributed by atoms with Gasteiger partial charge >= 0.3 is 0 Å². The lowest BCUT2D eigenvalue weighted by Gasteiger charge is -2.06. The van der Waals surface area contributed by atoms with E-state index < -0.39 is 0 Å². The van der Waals surface area contributed by atoms with Crippen LogP contribution in [-0.2, 0) is 6.42 Å². The first-order chi connectivity index (χ1) is 9.10. The molecule has 1 heterocycles. The van der Waals surface area contributed by atoms with Gasteiger partial charge in [0.25, 0.3) is 0 Å². The summed E-state index contributed by atoms with van der Waals surface area (Å²) >= 11 is 12.4. The summed E-state index contributed by atoms with van der Waals surface area (Å²) in [6, 6.07) is 5.25. The average Bonchev–Trinajstić information content (AvgIpc) is 2.81. The maximum Gasteiger partial charge on any atom is 0.166 e. The van der Waals surface area contributed by atoms with Gasteiger partial charge in [0, 0.05) is 17.7 Å². The molecule has 0 unspecified atom stereocenters. The van der Waals surface area contributed by atoms with Gasteiger partial charge in [0.1, 0.15) is 5.69 Å². The van der Waals surface area contributed by atoms with E-state index >= 15 is 0 Å². The fourth-order valence-electron chi connectivity index (χ4n) is 2.02. The van der Waals surface area contributed by atoms with Crippen LogP contribution in [0, 0.1) is 0 Å². The van der Waals surface area contributed by atoms with Crippen molar-refractivity contribution < 1.29 is 4.79 Å². The van der Waals surface area contributed by atoms with Gasteiger partial charge in [0.2, 0.25) is 0 Å². The minimum absolute atomic E-state index is 0.0385. The quantitative estimate of drug-likeness (QED) is 0.842. The Bertz CT molecular complexity index is 600. The zero-order valence-electron chi connectivity index (χ0n) is 10.8. The van der Waals surface area contributed by atoms with E-state index in [0.29, 0.717) is 39.7 Å². The van der Waals surface area contributed by atoms with Gasteiger partial charge in [0.15, 0.2) is 5.78 Å². The summed E-state index contributed by atoms with van der Waals surface area (Å²) in [5.41, 5.74) is 2.57. The van der Waals surface area contributed by atoms with Gasteiger partial charge in [-0.3, -0.25) is 9.89 Å². The zero-order chi connectivity index (χ0) is 14.0. The van der Waals surface area contributed by atoms with Crippen molar-refractivity contribution in [3.63, 3.8) is 0 Å². The number of nitrogens with zero attached hydrogens (tertiary/aromatic N) is 1. The number of carbonyl (C=O) groups is 1. The normalized spacial score (nSPS) is 10.7. The van der Waals surface area contributed by atoms with Gasteiger partial charge in [-0.15, -0.1) is 0 Å². The van der Waals surface area contributed by atoms with Gasteiger partial charge in [-0.25, -0.2) is 0 Å². The highest BCUT2D eigenvalue weighted by Crippen LogP contribution is 2.36. The summed E-state index contributed by atoms with van der Waals surface area (Å²) in [4.78, 5) is 12.1. The highest BCUT2D eigenvalue weighted by molar-refractivity contribution is 6.39. The number of aryl methyl sites for hydroxylation is 1.